The zero-order valence-corrected chi connectivity index (χ0v) is 16.5. The Morgan fingerprint density at radius 1 is 0.933 bits per heavy atom. The molecule has 6 nitrogen and oxygen atoms in total. The predicted molar refractivity (Wildman–Crippen MR) is 113 cm³/mol. The highest BCUT2D eigenvalue weighted by molar-refractivity contribution is 6.31. The van der Waals surface area contributed by atoms with Crippen LogP contribution in [0.15, 0.2) is 60.8 Å². The van der Waals surface area contributed by atoms with Crippen LogP contribution in [0.3, 0.4) is 0 Å². The van der Waals surface area contributed by atoms with Crippen LogP contribution >= 0.6 is 11.6 Å². The second-order valence-corrected chi connectivity index (χ2v) is 7.44. The lowest BCUT2D eigenvalue weighted by Gasteiger charge is -2.20. The number of fused-ring (bicyclic) bond motifs is 3. The van der Waals surface area contributed by atoms with Crippen LogP contribution in [0.1, 0.15) is 48.0 Å². The summed E-state index contributed by atoms with van der Waals surface area (Å²) in [5.74, 6) is -0.988. The predicted octanol–water partition coefficient (Wildman–Crippen LogP) is 4.32. The average molecular weight is 416 g/mol. The summed E-state index contributed by atoms with van der Waals surface area (Å²) in [6.07, 6.45) is 1.61. The van der Waals surface area contributed by atoms with Crippen LogP contribution in [-0.2, 0) is 0 Å². The van der Waals surface area contributed by atoms with Crippen molar-refractivity contribution in [3.8, 4) is 0 Å². The number of amides is 1. The number of carbonyl (C=O) groups is 3. The molecule has 1 N–H and O–H groups in total. The monoisotopic (exact) mass is 415 g/mol. The summed E-state index contributed by atoms with van der Waals surface area (Å²) in [5, 5.41) is 3.25. The summed E-state index contributed by atoms with van der Waals surface area (Å²) < 4.78 is 1.60. The van der Waals surface area contributed by atoms with E-state index in [9.17, 15) is 14.4 Å². The van der Waals surface area contributed by atoms with Crippen LogP contribution < -0.4 is 5.32 Å². The maximum Gasteiger partial charge on any atom is 0.274 e. The van der Waals surface area contributed by atoms with Gasteiger partial charge in [0.15, 0.2) is 11.6 Å². The zero-order chi connectivity index (χ0) is 21.0. The number of anilines is 1. The number of nitrogens with one attached hydrogen (secondary N) is 1. The minimum absolute atomic E-state index is 0.194. The van der Waals surface area contributed by atoms with Gasteiger partial charge in [0.2, 0.25) is 0 Å². The second-order valence-electron chi connectivity index (χ2n) is 7.01. The Hall–Kier alpha value is -3.77. The average Bonchev–Trinajstić information content (AvgIpc) is 3.07. The molecule has 2 aromatic carbocycles. The fourth-order valence-electron chi connectivity index (χ4n) is 3.84. The molecule has 2 aromatic heterocycles. The van der Waals surface area contributed by atoms with Crippen LogP contribution in [0.2, 0.25) is 5.02 Å². The van der Waals surface area contributed by atoms with Gasteiger partial charge in [-0.25, -0.2) is 4.98 Å². The topological polar surface area (TPSA) is 80.5 Å². The first-order valence-electron chi connectivity index (χ1n) is 9.22. The van der Waals surface area contributed by atoms with E-state index in [2.05, 4.69) is 10.3 Å². The van der Waals surface area contributed by atoms with Gasteiger partial charge in [0.05, 0.1) is 22.0 Å². The summed E-state index contributed by atoms with van der Waals surface area (Å²) in [6.45, 7) is 1.72. The lowest BCUT2D eigenvalue weighted by Crippen LogP contribution is -2.24. The van der Waals surface area contributed by atoms with Gasteiger partial charge < -0.3 is 5.32 Å². The quantitative estimate of drug-likeness (QED) is 0.465. The number of rotatable bonds is 2. The molecule has 0 aliphatic heterocycles. The summed E-state index contributed by atoms with van der Waals surface area (Å²) >= 11 is 6.08. The number of hydrogen-bond acceptors (Lipinski definition) is 4. The molecular weight excluding hydrogens is 402 g/mol. The van der Waals surface area contributed by atoms with Gasteiger partial charge in [0.1, 0.15) is 11.3 Å². The van der Waals surface area contributed by atoms with E-state index in [1.54, 1.807) is 72.1 Å². The molecule has 0 bridgehead atoms. The molecule has 0 spiro atoms. The number of ketones is 2. The smallest absolute Gasteiger partial charge is 0.274 e. The Balaban J connectivity index is 1.60. The first-order chi connectivity index (χ1) is 14.5. The third-order valence-electron chi connectivity index (χ3n) is 5.17. The normalized spacial score (nSPS) is 12.6. The molecule has 0 unspecified atom stereocenters. The van der Waals surface area contributed by atoms with Crippen molar-refractivity contribution in [2.24, 2.45) is 0 Å². The third kappa shape index (κ3) is 2.65. The van der Waals surface area contributed by atoms with Crippen LogP contribution in [0, 0.1) is 6.92 Å². The molecule has 0 fully saturated rings. The van der Waals surface area contributed by atoms with Gasteiger partial charge >= 0.3 is 0 Å². The Kier molecular flexibility index (Phi) is 4.04. The molecule has 0 saturated carbocycles. The van der Waals surface area contributed by atoms with Gasteiger partial charge in [-0.15, -0.1) is 0 Å². The molecule has 4 aromatic rings. The number of nitrogens with zero attached hydrogens (tertiary/aromatic N) is 2. The lowest BCUT2D eigenvalue weighted by atomic mass is 9.83. The van der Waals surface area contributed by atoms with E-state index < -0.39 is 5.91 Å². The van der Waals surface area contributed by atoms with Crippen LogP contribution in [0.25, 0.3) is 5.65 Å². The molecular formula is C23H14ClN3O3. The fraction of sp³-hybridized carbons (Fsp3) is 0.0435. The van der Waals surface area contributed by atoms with Gasteiger partial charge in [-0.05, 0) is 25.1 Å². The van der Waals surface area contributed by atoms with Crippen LogP contribution in [0.4, 0.5) is 5.69 Å². The molecule has 0 radical (unpaired) electrons. The Morgan fingerprint density at radius 2 is 1.63 bits per heavy atom. The van der Waals surface area contributed by atoms with E-state index in [4.69, 9.17) is 11.6 Å². The van der Waals surface area contributed by atoms with Gasteiger partial charge in [-0.2, -0.15) is 0 Å². The van der Waals surface area contributed by atoms with E-state index in [-0.39, 0.29) is 28.4 Å². The second kappa shape index (κ2) is 6.64. The minimum Gasteiger partial charge on any atom is -0.320 e. The Labute approximate surface area is 176 Å². The fourth-order valence-corrected chi connectivity index (χ4v) is 4.00. The number of aryl methyl sites for hydroxylation is 1. The van der Waals surface area contributed by atoms with E-state index in [0.717, 1.165) is 0 Å². The SMILES string of the molecule is Cc1nc2ccc(Cl)cn2c1C(=O)Nc1cccc2c1C(=O)c1ccccc1C2=O. The van der Waals surface area contributed by atoms with Gasteiger partial charge in [0, 0.05) is 22.9 Å². The minimum atomic E-state index is -0.449. The summed E-state index contributed by atoms with van der Waals surface area (Å²) in [7, 11) is 0. The molecule has 2 heterocycles. The van der Waals surface area contributed by atoms with Crippen LogP contribution in [-0.4, -0.2) is 26.9 Å². The summed E-state index contributed by atoms with van der Waals surface area (Å²) in [4.78, 5) is 43.5. The largest absolute Gasteiger partial charge is 0.320 e. The molecule has 7 heteroatoms. The van der Waals surface area contributed by atoms with Crippen LogP contribution in [0.5, 0.6) is 0 Å². The van der Waals surface area contributed by atoms with E-state index in [1.807, 2.05) is 0 Å². The first-order valence-corrected chi connectivity index (χ1v) is 9.60. The van der Waals surface area contributed by atoms with Crippen molar-refractivity contribution in [1.82, 2.24) is 9.38 Å². The number of imidazole rings is 1. The lowest BCUT2D eigenvalue weighted by molar-refractivity contribution is 0.0978. The third-order valence-corrected chi connectivity index (χ3v) is 5.40. The molecule has 5 rings (SSSR count). The number of aromatic nitrogens is 2. The molecule has 1 aliphatic rings. The van der Waals surface area contributed by atoms with Crippen molar-refractivity contribution < 1.29 is 14.4 Å². The molecule has 0 atom stereocenters. The van der Waals surface area contributed by atoms with Crippen molar-refractivity contribution in [3.63, 3.8) is 0 Å². The number of carbonyl (C=O) groups excluding carboxylic acids is 3. The van der Waals surface area contributed by atoms with Crippen molar-refractivity contribution in [1.29, 1.82) is 0 Å². The van der Waals surface area contributed by atoms with Gasteiger partial charge in [-0.1, -0.05) is 48.0 Å². The highest BCUT2D eigenvalue weighted by Crippen LogP contribution is 2.32. The highest BCUT2D eigenvalue weighted by Gasteiger charge is 2.32. The van der Waals surface area contributed by atoms with Gasteiger partial charge in [-0.3, -0.25) is 18.8 Å². The van der Waals surface area contributed by atoms with Gasteiger partial charge in [0.25, 0.3) is 5.91 Å². The van der Waals surface area contributed by atoms with Crippen molar-refractivity contribution >= 4 is 40.4 Å². The molecule has 0 saturated heterocycles. The standard InChI is InChI=1S/C23H14ClN3O3/c1-12-20(27-11-13(24)9-10-18(27)25-12)23(30)26-17-8-4-7-16-19(17)22(29)15-6-3-2-5-14(15)21(16)28/h2-11H,1H3,(H,26,30). The molecule has 30 heavy (non-hydrogen) atoms. The maximum atomic E-state index is 13.1. The summed E-state index contributed by atoms with van der Waals surface area (Å²) in [6, 6.07) is 15.0. The van der Waals surface area contributed by atoms with E-state index in [1.165, 1.54) is 0 Å². The highest BCUT2D eigenvalue weighted by atomic mass is 35.5. The van der Waals surface area contributed by atoms with Crippen molar-refractivity contribution in [3.05, 3.63) is 99.5 Å². The molecule has 1 aliphatic carbocycles. The Morgan fingerprint density at radius 3 is 2.40 bits per heavy atom. The molecule has 1 amide bonds. The number of pyridine rings is 1. The maximum absolute atomic E-state index is 13.1. The Bertz CT molecular complexity index is 1400. The van der Waals surface area contributed by atoms with Crippen molar-refractivity contribution in [2.75, 3.05) is 5.32 Å². The first kappa shape index (κ1) is 18.3. The van der Waals surface area contributed by atoms with E-state index in [0.29, 0.717) is 33.2 Å². The van der Waals surface area contributed by atoms with Crippen molar-refractivity contribution in [2.45, 2.75) is 6.92 Å². The van der Waals surface area contributed by atoms with E-state index >= 15 is 0 Å². The molecule has 146 valence electrons. The summed E-state index contributed by atoms with van der Waals surface area (Å²) in [5.41, 5.74) is 2.85. The number of halogens is 1. The zero-order valence-electron chi connectivity index (χ0n) is 15.8. The number of benzene rings is 2. The number of hydrogen-bond donors (Lipinski definition) is 1.